The molecule has 1 fully saturated rings. The first kappa shape index (κ1) is 14.4. The molecular formula is C11H16O5. The van der Waals surface area contributed by atoms with E-state index in [1.54, 1.807) is 19.9 Å². The van der Waals surface area contributed by atoms with Gasteiger partial charge in [0.25, 0.3) is 0 Å². The summed E-state index contributed by atoms with van der Waals surface area (Å²) in [5, 5.41) is 16.4. The van der Waals surface area contributed by atoms with E-state index in [9.17, 15) is 9.59 Å². The summed E-state index contributed by atoms with van der Waals surface area (Å²) < 4.78 is 4.81. The van der Waals surface area contributed by atoms with Crippen molar-refractivity contribution >= 4 is 11.9 Å². The molecule has 0 aromatic rings. The number of rotatable bonds is 4. The van der Waals surface area contributed by atoms with Crippen LogP contribution in [0.5, 0.6) is 0 Å². The molecule has 5 nitrogen and oxygen atoms in total. The molecule has 0 aromatic heterocycles. The number of carboxylic acid groups (broad SMARTS) is 2. The van der Waals surface area contributed by atoms with Gasteiger partial charge >= 0.3 is 11.9 Å². The standard InChI is InChI=1S/C6H8O3.C5H8O2/c1-4(6(7)8)2-5-3-9-5;1-3-4(2)5(6)7/h5H,1-3H2,(H,7,8);3H,1-2H3,(H,6,7). The number of aliphatic carboxylic acids is 2. The largest absolute Gasteiger partial charge is 0.478 e. The van der Waals surface area contributed by atoms with Gasteiger partial charge in [-0.2, -0.15) is 0 Å². The van der Waals surface area contributed by atoms with Gasteiger partial charge in [0.05, 0.1) is 12.7 Å². The summed E-state index contributed by atoms with van der Waals surface area (Å²) in [7, 11) is 0. The lowest BCUT2D eigenvalue weighted by Gasteiger charge is -1.92. The number of allylic oxidation sites excluding steroid dienone is 1. The van der Waals surface area contributed by atoms with E-state index in [2.05, 4.69) is 6.58 Å². The maximum atomic E-state index is 10.1. The molecule has 0 saturated carbocycles. The van der Waals surface area contributed by atoms with Crippen LogP contribution in [0.3, 0.4) is 0 Å². The van der Waals surface area contributed by atoms with Crippen LogP contribution in [0, 0.1) is 0 Å². The first-order valence-corrected chi connectivity index (χ1v) is 4.77. The Balaban J connectivity index is 0.000000293. The van der Waals surface area contributed by atoms with Crippen molar-refractivity contribution in [1.82, 2.24) is 0 Å². The fourth-order valence-corrected chi connectivity index (χ4v) is 0.672. The highest BCUT2D eigenvalue weighted by Crippen LogP contribution is 2.17. The predicted molar refractivity (Wildman–Crippen MR) is 58.2 cm³/mol. The lowest BCUT2D eigenvalue weighted by atomic mass is 10.2. The molecule has 1 rings (SSSR count). The van der Waals surface area contributed by atoms with E-state index >= 15 is 0 Å². The molecule has 1 saturated heterocycles. The second-order valence-corrected chi connectivity index (χ2v) is 3.35. The van der Waals surface area contributed by atoms with Gasteiger partial charge in [-0.15, -0.1) is 0 Å². The highest BCUT2D eigenvalue weighted by atomic mass is 16.6. The van der Waals surface area contributed by atoms with E-state index in [1.165, 1.54) is 0 Å². The van der Waals surface area contributed by atoms with Gasteiger partial charge in [0, 0.05) is 17.6 Å². The van der Waals surface area contributed by atoms with Crippen molar-refractivity contribution in [3.63, 3.8) is 0 Å². The van der Waals surface area contributed by atoms with E-state index < -0.39 is 11.9 Å². The van der Waals surface area contributed by atoms with Crippen molar-refractivity contribution in [3.05, 3.63) is 23.8 Å². The van der Waals surface area contributed by atoms with E-state index in [-0.39, 0.29) is 11.7 Å². The molecule has 1 unspecified atom stereocenters. The first-order chi connectivity index (χ1) is 7.38. The number of hydrogen-bond donors (Lipinski definition) is 2. The van der Waals surface area contributed by atoms with Crippen molar-refractivity contribution < 1.29 is 24.5 Å². The van der Waals surface area contributed by atoms with Crippen molar-refractivity contribution in [2.45, 2.75) is 26.4 Å². The van der Waals surface area contributed by atoms with E-state index in [1.807, 2.05) is 0 Å². The lowest BCUT2D eigenvalue weighted by Crippen LogP contribution is -2.01. The quantitative estimate of drug-likeness (QED) is 0.561. The molecule has 0 spiro atoms. The second-order valence-electron chi connectivity index (χ2n) is 3.35. The third-order valence-electron chi connectivity index (χ3n) is 1.95. The number of carbonyl (C=O) groups is 2. The molecule has 90 valence electrons. The highest BCUT2D eigenvalue weighted by Gasteiger charge is 2.24. The smallest absolute Gasteiger partial charge is 0.331 e. The summed E-state index contributed by atoms with van der Waals surface area (Å²) in [6, 6.07) is 0. The molecule has 2 N–H and O–H groups in total. The fourth-order valence-electron chi connectivity index (χ4n) is 0.672. The van der Waals surface area contributed by atoms with Crippen LogP contribution in [0.15, 0.2) is 23.8 Å². The van der Waals surface area contributed by atoms with Gasteiger partial charge < -0.3 is 14.9 Å². The van der Waals surface area contributed by atoms with Gasteiger partial charge in [-0.05, 0) is 13.8 Å². The van der Waals surface area contributed by atoms with Crippen molar-refractivity contribution in [2.75, 3.05) is 6.61 Å². The van der Waals surface area contributed by atoms with Crippen LogP contribution < -0.4 is 0 Å². The summed E-state index contributed by atoms with van der Waals surface area (Å²) in [5.41, 5.74) is 0.623. The zero-order chi connectivity index (χ0) is 12.7. The number of hydrogen-bond acceptors (Lipinski definition) is 3. The Labute approximate surface area is 94.0 Å². The molecule has 1 aliphatic heterocycles. The number of ether oxygens (including phenoxy) is 1. The van der Waals surface area contributed by atoms with Crippen LogP contribution in [0.1, 0.15) is 20.3 Å². The van der Waals surface area contributed by atoms with Gasteiger partial charge in [0.2, 0.25) is 0 Å². The van der Waals surface area contributed by atoms with E-state index in [0.717, 1.165) is 0 Å². The summed E-state index contributed by atoms with van der Waals surface area (Å²) >= 11 is 0. The number of epoxide rings is 1. The Morgan fingerprint density at radius 3 is 2.12 bits per heavy atom. The molecule has 0 amide bonds. The summed E-state index contributed by atoms with van der Waals surface area (Å²) in [6.45, 7) is 7.30. The van der Waals surface area contributed by atoms with Crippen LogP contribution in [0.25, 0.3) is 0 Å². The zero-order valence-corrected chi connectivity index (χ0v) is 9.40. The van der Waals surface area contributed by atoms with Gasteiger partial charge in [0.15, 0.2) is 0 Å². The Kier molecular flexibility index (Phi) is 6.10. The minimum Gasteiger partial charge on any atom is -0.478 e. The van der Waals surface area contributed by atoms with Crippen molar-refractivity contribution in [1.29, 1.82) is 0 Å². The molecule has 0 radical (unpaired) electrons. The normalized spacial score (nSPS) is 18.1. The van der Waals surface area contributed by atoms with Crippen LogP contribution in [-0.4, -0.2) is 34.9 Å². The van der Waals surface area contributed by atoms with Gasteiger partial charge in [0.1, 0.15) is 0 Å². The maximum absolute atomic E-state index is 10.1. The third kappa shape index (κ3) is 6.78. The Bertz CT molecular complexity index is 312. The predicted octanol–water partition coefficient (Wildman–Crippen LogP) is 1.45. The van der Waals surface area contributed by atoms with E-state index in [0.29, 0.717) is 18.6 Å². The second kappa shape index (κ2) is 6.79. The molecule has 1 aliphatic rings. The van der Waals surface area contributed by atoms with Crippen LogP contribution in [-0.2, 0) is 14.3 Å². The molecule has 5 heteroatoms. The number of carboxylic acids is 2. The Morgan fingerprint density at radius 1 is 1.44 bits per heavy atom. The minimum absolute atomic E-state index is 0.133. The van der Waals surface area contributed by atoms with Crippen LogP contribution >= 0.6 is 0 Å². The third-order valence-corrected chi connectivity index (χ3v) is 1.95. The Hall–Kier alpha value is -1.62. The lowest BCUT2D eigenvalue weighted by molar-refractivity contribution is -0.133. The zero-order valence-electron chi connectivity index (χ0n) is 9.40. The molecule has 1 heterocycles. The average Bonchev–Trinajstić information content (AvgIpc) is 3.01. The molecule has 0 bridgehead atoms. The monoisotopic (exact) mass is 228 g/mol. The van der Waals surface area contributed by atoms with Crippen molar-refractivity contribution in [3.8, 4) is 0 Å². The van der Waals surface area contributed by atoms with Gasteiger partial charge in [-0.25, -0.2) is 9.59 Å². The first-order valence-electron chi connectivity index (χ1n) is 4.77. The topological polar surface area (TPSA) is 87.1 Å². The minimum atomic E-state index is -0.925. The molecule has 1 atom stereocenters. The van der Waals surface area contributed by atoms with Crippen molar-refractivity contribution in [2.24, 2.45) is 0 Å². The molecular weight excluding hydrogens is 212 g/mol. The average molecular weight is 228 g/mol. The van der Waals surface area contributed by atoms with Gasteiger partial charge in [-0.3, -0.25) is 0 Å². The SMILES string of the molecule is C=C(CC1CO1)C(=O)O.CC=C(C)C(=O)O. The van der Waals surface area contributed by atoms with Gasteiger partial charge in [-0.1, -0.05) is 12.7 Å². The summed E-state index contributed by atoms with van der Waals surface area (Å²) in [5.74, 6) is -1.77. The summed E-state index contributed by atoms with van der Waals surface area (Å²) in [4.78, 5) is 20.0. The van der Waals surface area contributed by atoms with Crippen LogP contribution in [0.2, 0.25) is 0 Å². The van der Waals surface area contributed by atoms with E-state index in [4.69, 9.17) is 14.9 Å². The highest BCUT2D eigenvalue weighted by molar-refractivity contribution is 5.86. The molecule has 16 heavy (non-hydrogen) atoms. The molecule has 0 aromatic carbocycles. The Morgan fingerprint density at radius 2 is 1.94 bits per heavy atom. The molecule has 0 aliphatic carbocycles. The fraction of sp³-hybridized carbons (Fsp3) is 0.455. The van der Waals surface area contributed by atoms with Crippen LogP contribution in [0.4, 0.5) is 0 Å². The summed E-state index contributed by atoms with van der Waals surface area (Å²) in [6.07, 6.45) is 2.16. The maximum Gasteiger partial charge on any atom is 0.331 e.